The topological polar surface area (TPSA) is 53.1 Å². The number of anilines is 2. The summed E-state index contributed by atoms with van der Waals surface area (Å²) >= 11 is 5.47. The van der Waals surface area contributed by atoms with Crippen molar-refractivity contribution in [1.29, 1.82) is 0 Å². The molecule has 184 valence electrons. The van der Waals surface area contributed by atoms with Crippen molar-refractivity contribution < 1.29 is 13.2 Å². The molecule has 2 aromatic rings. The van der Waals surface area contributed by atoms with Crippen LogP contribution in [0.3, 0.4) is 0 Å². The summed E-state index contributed by atoms with van der Waals surface area (Å²) in [6.07, 6.45) is 5.08. The Morgan fingerprint density at radius 1 is 0.941 bits per heavy atom. The maximum absolute atomic E-state index is 13.6. The van der Waals surface area contributed by atoms with Crippen LogP contribution < -0.4 is 15.5 Å². The van der Waals surface area contributed by atoms with Crippen LogP contribution in [0.15, 0.2) is 36.4 Å². The molecule has 2 aliphatic rings. The molecule has 0 atom stereocenters. The van der Waals surface area contributed by atoms with Crippen molar-refractivity contribution in [3.05, 3.63) is 47.7 Å². The van der Waals surface area contributed by atoms with Crippen LogP contribution in [-0.2, 0) is 11.6 Å². The van der Waals surface area contributed by atoms with E-state index in [4.69, 9.17) is 12.2 Å². The number of alkyl halides is 3. The smallest absolute Gasteiger partial charge is 0.361 e. The van der Waals surface area contributed by atoms with Gasteiger partial charge in [-0.15, -0.1) is 0 Å². The molecule has 34 heavy (non-hydrogen) atoms. The van der Waals surface area contributed by atoms with Gasteiger partial charge in [0.2, 0.25) is 5.95 Å². The van der Waals surface area contributed by atoms with E-state index >= 15 is 0 Å². The standard InChI is InChI=1S/C25H32F3N5S/c26-25(27,28)20-17-21(33-15-9-1-2-10-16-33)31-22(30-20)32-23(34)29-18-24(13-7-4-8-14-24)19-11-5-3-6-12-19/h3,5-6,11-12,17H,1-2,4,7-10,13-16,18H2,(H2,29,30,31,32,34). The molecular weight excluding hydrogens is 459 g/mol. The quantitative estimate of drug-likeness (QED) is 0.496. The second-order valence-electron chi connectivity index (χ2n) is 9.35. The van der Waals surface area contributed by atoms with Crippen LogP contribution in [0.1, 0.15) is 69.0 Å². The van der Waals surface area contributed by atoms with Crippen molar-refractivity contribution in [2.45, 2.75) is 69.4 Å². The van der Waals surface area contributed by atoms with Crippen molar-refractivity contribution in [1.82, 2.24) is 15.3 Å². The molecule has 2 heterocycles. The summed E-state index contributed by atoms with van der Waals surface area (Å²) in [6.45, 7) is 1.99. The molecule has 1 aliphatic carbocycles. The molecule has 5 nitrogen and oxygen atoms in total. The monoisotopic (exact) mass is 491 g/mol. The predicted octanol–water partition coefficient (Wildman–Crippen LogP) is 6.06. The van der Waals surface area contributed by atoms with Crippen LogP contribution in [0.2, 0.25) is 0 Å². The normalized spacial score (nSPS) is 18.7. The molecule has 2 fully saturated rings. The highest BCUT2D eigenvalue weighted by Crippen LogP contribution is 2.39. The highest BCUT2D eigenvalue weighted by atomic mass is 32.1. The summed E-state index contributed by atoms with van der Waals surface area (Å²) in [6, 6.07) is 11.4. The average molecular weight is 492 g/mol. The minimum atomic E-state index is -4.56. The number of nitrogens with one attached hydrogen (secondary N) is 2. The highest BCUT2D eigenvalue weighted by Gasteiger charge is 2.35. The van der Waals surface area contributed by atoms with Gasteiger partial charge >= 0.3 is 6.18 Å². The highest BCUT2D eigenvalue weighted by molar-refractivity contribution is 7.80. The molecule has 1 aromatic carbocycles. The van der Waals surface area contributed by atoms with E-state index < -0.39 is 11.9 Å². The third-order valence-electron chi connectivity index (χ3n) is 6.94. The van der Waals surface area contributed by atoms with Gasteiger partial charge in [0.05, 0.1) is 0 Å². The Balaban J connectivity index is 1.49. The van der Waals surface area contributed by atoms with Crippen LogP contribution in [0.5, 0.6) is 0 Å². The van der Waals surface area contributed by atoms with Gasteiger partial charge in [-0.25, -0.2) is 4.98 Å². The van der Waals surface area contributed by atoms with Gasteiger partial charge in [0.25, 0.3) is 0 Å². The van der Waals surface area contributed by atoms with E-state index in [9.17, 15) is 13.2 Å². The van der Waals surface area contributed by atoms with E-state index in [2.05, 4.69) is 32.7 Å². The molecule has 9 heteroatoms. The second-order valence-corrected chi connectivity index (χ2v) is 9.76. The molecule has 0 amide bonds. The fourth-order valence-corrected chi connectivity index (χ4v) is 5.24. The van der Waals surface area contributed by atoms with Crippen LogP contribution in [-0.4, -0.2) is 34.7 Å². The number of benzene rings is 1. The largest absolute Gasteiger partial charge is 0.433 e. The predicted molar refractivity (Wildman–Crippen MR) is 133 cm³/mol. The molecule has 0 bridgehead atoms. The number of rotatable bonds is 5. The molecule has 1 saturated heterocycles. The van der Waals surface area contributed by atoms with Crippen LogP contribution in [0, 0.1) is 0 Å². The minimum absolute atomic E-state index is 0.0445. The lowest BCUT2D eigenvalue weighted by Crippen LogP contribution is -2.43. The molecule has 2 N–H and O–H groups in total. The Kier molecular flexibility index (Phi) is 7.91. The van der Waals surface area contributed by atoms with Crippen LogP contribution in [0.25, 0.3) is 0 Å². The molecule has 4 rings (SSSR count). The van der Waals surface area contributed by atoms with Crippen molar-refractivity contribution >= 4 is 29.1 Å². The summed E-state index contributed by atoms with van der Waals surface area (Å²) < 4.78 is 40.7. The SMILES string of the molecule is FC(F)(F)c1cc(N2CCCCCC2)nc(NC(=S)NCC2(c3ccccc3)CCCCC2)n1. The number of thiocarbonyl (C=S) groups is 1. The Bertz CT molecular complexity index is 953. The zero-order valence-corrected chi connectivity index (χ0v) is 20.1. The van der Waals surface area contributed by atoms with Crippen LogP contribution in [0.4, 0.5) is 24.9 Å². The molecule has 0 spiro atoms. The van der Waals surface area contributed by atoms with Gasteiger partial charge in [0.1, 0.15) is 5.82 Å². The van der Waals surface area contributed by atoms with Crippen molar-refractivity contribution in [3.8, 4) is 0 Å². The summed E-state index contributed by atoms with van der Waals surface area (Å²) in [5, 5.41) is 6.32. The minimum Gasteiger partial charge on any atom is -0.361 e. The lowest BCUT2D eigenvalue weighted by molar-refractivity contribution is -0.141. The Morgan fingerprint density at radius 3 is 2.24 bits per heavy atom. The molecule has 1 saturated carbocycles. The second kappa shape index (κ2) is 10.9. The van der Waals surface area contributed by atoms with Gasteiger partial charge in [-0.3, -0.25) is 0 Å². The summed E-state index contributed by atoms with van der Waals surface area (Å²) in [5.41, 5.74) is 0.265. The van der Waals surface area contributed by atoms with Crippen molar-refractivity contribution in [3.63, 3.8) is 0 Å². The number of halogens is 3. The molecule has 1 aliphatic heterocycles. The number of hydrogen-bond acceptors (Lipinski definition) is 4. The van der Waals surface area contributed by atoms with Crippen LogP contribution >= 0.6 is 12.2 Å². The maximum atomic E-state index is 13.6. The number of nitrogens with zero attached hydrogens (tertiary/aromatic N) is 3. The fourth-order valence-electron chi connectivity index (χ4n) is 5.08. The first-order chi connectivity index (χ1) is 16.4. The zero-order chi connectivity index (χ0) is 24.0. The van der Waals surface area contributed by atoms with Gasteiger partial charge in [-0.1, -0.05) is 62.4 Å². The molecule has 0 radical (unpaired) electrons. The summed E-state index contributed by atoms with van der Waals surface area (Å²) in [5.74, 6) is 0.173. The van der Waals surface area contributed by atoms with E-state index in [0.29, 0.717) is 25.5 Å². The third-order valence-corrected chi connectivity index (χ3v) is 7.19. The Morgan fingerprint density at radius 2 is 1.59 bits per heavy atom. The van der Waals surface area contributed by atoms with Gasteiger partial charge in [-0.05, 0) is 43.5 Å². The Labute approximate surface area is 204 Å². The van der Waals surface area contributed by atoms with Crippen molar-refractivity contribution in [2.75, 3.05) is 29.9 Å². The van der Waals surface area contributed by atoms with E-state index in [0.717, 1.165) is 57.4 Å². The molecular formula is C25H32F3N5S. The third kappa shape index (κ3) is 6.17. The lowest BCUT2D eigenvalue weighted by atomic mass is 9.69. The van der Waals surface area contributed by atoms with E-state index in [-0.39, 0.29) is 16.5 Å². The lowest BCUT2D eigenvalue weighted by Gasteiger charge is -2.38. The molecule has 0 unspecified atom stereocenters. The van der Waals surface area contributed by atoms with Gasteiger partial charge in [0.15, 0.2) is 10.8 Å². The van der Waals surface area contributed by atoms with Gasteiger partial charge in [-0.2, -0.15) is 18.2 Å². The zero-order valence-electron chi connectivity index (χ0n) is 19.3. The van der Waals surface area contributed by atoms with Crippen molar-refractivity contribution in [2.24, 2.45) is 0 Å². The van der Waals surface area contributed by atoms with Gasteiger partial charge < -0.3 is 15.5 Å². The first-order valence-electron chi connectivity index (χ1n) is 12.2. The number of hydrogen-bond donors (Lipinski definition) is 2. The van der Waals surface area contributed by atoms with E-state index in [1.807, 2.05) is 23.1 Å². The first kappa shape index (κ1) is 24.7. The Hall–Kier alpha value is -2.42. The molecule has 1 aromatic heterocycles. The fraction of sp³-hybridized carbons (Fsp3) is 0.560. The summed E-state index contributed by atoms with van der Waals surface area (Å²) in [7, 11) is 0. The number of aromatic nitrogens is 2. The van der Waals surface area contributed by atoms with Gasteiger partial charge in [0, 0.05) is 31.1 Å². The maximum Gasteiger partial charge on any atom is 0.433 e. The van der Waals surface area contributed by atoms with E-state index in [1.54, 1.807) is 0 Å². The summed E-state index contributed by atoms with van der Waals surface area (Å²) in [4.78, 5) is 10.0. The first-order valence-corrected chi connectivity index (χ1v) is 12.6. The van der Waals surface area contributed by atoms with E-state index in [1.165, 1.54) is 12.0 Å². The average Bonchev–Trinajstić information content (AvgIpc) is 3.13.